The van der Waals surface area contributed by atoms with Crippen LogP contribution < -0.4 is 5.56 Å². The molecular weight excluding hydrogens is 369 g/mol. The van der Waals surface area contributed by atoms with Crippen LogP contribution in [-0.2, 0) is 13.1 Å². The van der Waals surface area contributed by atoms with E-state index in [9.17, 15) is 9.18 Å². The third-order valence-corrected chi connectivity index (χ3v) is 5.93. The molecule has 2 aliphatic rings. The van der Waals surface area contributed by atoms with Gasteiger partial charge in [-0.2, -0.15) is 5.26 Å². The third kappa shape index (κ3) is 3.26. The maximum absolute atomic E-state index is 13.8. The number of H-pyrrole nitrogens is 1. The van der Waals surface area contributed by atoms with E-state index in [1.54, 1.807) is 18.5 Å². The van der Waals surface area contributed by atoms with Gasteiger partial charge in [0.1, 0.15) is 11.6 Å². The summed E-state index contributed by atoms with van der Waals surface area (Å²) in [4.78, 5) is 22.6. The Labute approximate surface area is 167 Å². The number of nitriles is 1. The first kappa shape index (κ1) is 17.8. The molecule has 7 heteroatoms. The molecule has 1 N–H and O–H groups in total. The lowest BCUT2D eigenvalue weighted by Gasteiger charge is -2.43. The fraction of sp³-hybridized carbons (Fsp3) is 0.318. The Morgan fingerprint density at radius 2 is 2.14 bits per heavy atom. The van der Waals surface area contributed by atoms with Crippen molar-refractivity contribution in [2.24, 2.45) is 5.92 Å². The summed E-state index contributed by atoms with van der Waals surface area (Å²) < 4.78 is 15.7. The number of aromatic amines is 1. The van der Waals surface area contributed by atoms with Gasteiger partial charge in [-0.1, -0.05) is 0 Å². The smallest absolute Gasteiger partial charge is 0.261 e. The summed E-state index contributed by atoms with van der Waals surface area (Å²) >= 11 is 0. The molecule has 4 heterocycles. The van der Waals surface area contributed by atoms with Crippen molar-refractivity contribution in [3.63, 3.8) is 0 Å². The number of pyridine rings is 1. The first-order chi connectivity index (χ1) is 14.1. The predicted octanol–water partition coefficient (Wildman–Crippen LogP) is 2.87. The first-order valence-electron chi connectivity index (χ1n) is 9.76. The van der Waals surface area contributed by atoms with Crippen LogP contribution in [0.25, 0.3) is 11.4 Å². The molecule has 2 bridgehead atoms. The van der Waals surface area contributed by atoms with Crippen molar-refractivity contribution in [2.45, 2.75) is 25.4 Å². The maximum Gasteiger partial charge on any atom is 0.261 e. The minimum Gasteiger partial charge on any atom is -0.344 e. The Kier molecular flexibility index (Phi) is 4.29. The van der Waals surface area contributed by atoms with Crippen molar-refractivity contribution in [3.8, 4) is 17.5 Å². The number of likely N-dealkylation sites (tertiary alicyclic amines) is 1. The highest BCUT2D eigenvalue weighted by Crippen LogP contribution is 2.36. The van der Waals surface area contributed by atoms with Gasteiger partial charge >= 0.3 is 0 Å². The fourth-order valence-electron chi connectivity index (χ4n) is 4.83. The van der Waals surface area contributed by atoms with Gasteiger partial charge < -0.3 is 9.55 Å². The van der Waals surface area contributed by atoms with E-state index < -0.39 is 0 Å². The number of fused-ring (bicyclic) bond motifs is 4. The van der Waals surface area contributed by atoms with Crippen LogP contribution >= 0.6 is 0 Å². The van der Waals surface area contributed by atoms with Crippen LogP contribution in [0.1, 0.15) is 29.2 Å². The minimum atomic E-state index is -0.376. The Hall–Kier alpha value is -3.24. The fourth-order valence-corrected chi connectivity index (χ4v) is 4.83. The van der Waals surface area contributed by atoms with Crippen LogP contribution in [0, 0.1) is 23.1 Å². The summed E-state index contributed by atoms with van der Waals surface area (Å²) in [5.74, 6) is 0.861. The number of nitrogens with one attached hydrogen (secondary N) is 1. The van der Waals surface area contributed by atoms with Crippen molar-refractivity contribution >= 4 is 0 Å². The van der Waals surface area contributed by atoms with E-state index in [0.29, 0.717) is 36.0 Å². The molecule has 0 aliphatic carbocycles. The lowest BCUT2D eigenvalue weighted by atomic mass is 9.82. The SMILES string of the molecule is N#Cc1cc(F)cc(CN2C[C@@H]3C[C@H](C2)c2ccc(-c4ncc[nH]4)c(=O)n2C3)c1. The molecule has 5 rings (SSSR count). The standard InChI is InChI=1S/C22H20FN5O/c23-18-7-14(9-24)5-15(8-18)10-27-11-16-6-17(13-27)20-2-1-19(21-25-3-4-26-21)22(29)28(20)12-16/h1-5,7-8,16-17H,6,10-13H2,(H,25,26)/t16-,17+/m0/s1. The van der Waals surface area contributed by atoms with Gasteiger partial charge in [-0.3, -0.25) is 9.69 Å². The molecule has 3 aromatic rings. The van der Waals surface area contributed by atoms with Crippen LogP contribution in [0.3, 0.4) is 0 Å². The Morgan fingerprint density at radius 3 is 2.93 bits per heavy atom. The number of piperidine rings is 1. The Bertz CT molecular complexity index is 1160. The second-order valence-electron chi connectivity index (χ2n) is 7.98. The lowest BCUT2D eigenvalue weighted by Crippen LogP contribution is -2.47. The van der Waals surface area contributed by atoms with E-state index in [2.05, 4.69) is 14.9 Å². The molecular formula is C22H20FN5O. The molecule has 1 aromatic carbocycles. The van der Waals surface area contributed by atoms with E-state index in [1.165, 1.54) is 12.1 Å². The zero-order chi connectivity index (χ0) is 20.0. The molecule has 146 valence electrons. The van der Waals surface area contributed by atoms with Gasteiger partial charge in [-0.15, -0.1) is 0 Å². The van der Waals surface area contributed by atoms with Crippen molar-refractivity contribution in [3.05, 3.63) is 75.7 Å². The number of nitrogens with zero attached hydrogens (tertiary/aromatic N) is 4. The van der Waals surface area contributed by atoms with Gasteiger partial charge in [0, 0.05) is 50.2 Å². The van der Waals surface area contributed by atoms with E-state index in [1.807, 2.05) is 22.8 Å². The Balaban J connectivity index is 1.42. The summed E-state index contributed by atoms with van der Waals surface area (Å²) in [5.41, 5.74) is 2.82. The minimum absolute atomic E-state index is 0.00407. The average molecular weight is 389 g/mol. The van der Waals surface area contributed by atoms with Gasteiger partial charge in [-0.25, -0.2) is 9.37 Å². The zero-order valence-electron chi connectivity index (χ0n) is 15.8. The van der Waals surface area contributed by atoms with E-state index in [-0.39, 0.29) is 17.3 Å². The first-order valence-corrected chi connectivity index (χ1v) is 9.76. The highest BCUT2D eigenvalue weighted by Gasteiger charge is 2.35. The van der Waals surface area contributed by atoms with Crippen LogP contribution in [0.5, 0.6) is 0 Å². The van der Waals surface area contributed by atoms with Crippen molar-refractivity contribution in [1.82, 2.24) is 19.4 Å². The summed E-state index contributed by atoms with van der Waals surface area (Å²) in [6.07, 6.45) is 4.42. The summed E-state index contributed by atoms with van der Waals surface area (Å²) in [5, 5.41) is 9.08. The van der Waals surface area contributed by atoms with Crippen LogP contribution in [0.2, 0.25) is 0 Å². The molecule has 0 unspecified atom stereocenters. The van der Waals surface area contributed by atoms with E-state index >= 15 is 0 Å². The highest BCUT2D eigenvalue weighted by molar-refractivity contribution is 5.53. The molecule has 2 aliphatic heterocycles. The molecule has 6 nitrogen and oxygen atoms in total. The quantitative estimate of drug-likeness (QED) is 0.747. The topological polar surface area (TPSA) is 77.7 Å². The van der Waals surface area contributed by atoms with Gasteiger partial charge in [0.2, 0.25) is 0 Å². The second-order valence-corrected chi connectivity index (χ2v) is 7.98. The molecule has 0 amide bonds. The molecule has 0 spiro atoms. The largest absolute Gasteiger partial charge is 0.344 e. The summed E-state index contributed by atoms with van der Waals surface area (Å²) in [6, 6.07) is 10.4. The van der Waals surface area contributed by atoms with Crippen molar-refractivity contribution < 1.29 is 4.39 Å². The summed E-state index contributed by atoms with van der Waals surface area (Å²) in [6.45, 7) is 2.96. The normalized spacial score (nSPS) is 20.8. The summed E-state index contributed by atoms with van der Waals surface area (Å²) in [7, 11) is 0. The maximum atomic E-state index is 13.8. The van der Waals surface area contributed by atoms with Crippen molar-refractivity contribution in [2.75, 3.05) is 13.1 Å². The number of imidazole rings is 1. The van der Waals surface area contributed by atoms with Gasteiger partial charge in [0.05, 0.1) is 17.2 Å². The molecule has 1 saturated heterocycles. The van der Waals surface area contributed by atoms with Gasteiger partial charge in [0.15, 0.2) is 0 Å². The number of hydrogen-bond donors (Lipinski definition) is 1. The van der Waals surface area contributed by atoms with Crippen LogP contribution in [-0.4, -0.2) is 32.5 Å². The number of halogens is 1. The molecule has 2 aromatic heterocycles. The third-order valence-electron chi connectivity index (χ3n) is 5.93. The second kappa shape index (κ2) is 6.98. The molecule has 29 heavy (non-hydrogen) atoms. The van der Waals surface area contributed by atoms with E-state index in [4.69, 9.17) is 5.26 Å². The zero-order valence-corrected chi connectivity index (χ0v) is 15.8. The van der Waals surface area contributed by atoms with Crippen LogP contribution in [0.4, 0.5) is 4.39 Å². The number of hydrogen-bond acceptors (Lipinski definition) is 4. The molecule has 2 atom stereocenters. The Morgan fingerprint density at radius 1 is 1.24 bits per heavy atom. The van der Waals surface area contributed by atoms with E-state index in [0.717, 1.165) is 30.8 Å². The van der Waals surface area contributed by atoms with Gasteiger partial charge in [0.25, 0.3) is 5.56 Å². The number of benzene rings is 1. The lowest BCUT2D eigenvalue weighted by molar-refractivity contribution is 0.114. The highest BCUT2D eigenvalue weighted by atomic mass is 19.1. The predicted molar refractivity (Wildman–Crippen MR) is 106 cm³/mol. The van der Waals surface area contributed by atoms with Crippen molar-refractivity contribution in [1.29, 1.82) is 5.26 Å². The molecule has 0 radical (unpaired) electrons. The molecule has 0 saturated carbocycles. The van der Waals surface area contributed by atoms with Crippen LogP contribution in [0.15, 0.2) is 47.5 Å². The monoisotopic (exact) mass is 389 g/mol. The molecule has 1 fully saturated rings. The average Bonchev–Trinajstić information content (AvgIpc) is 3.23. The van der Waals surface area contributed by atoms with Gasteiger partial charge in [-0.05, 0) is 48.2 Å². The number of aromatic nitrogens is 3. The number of rotatable bonds is 3.